The normalized spacial score (nSPS) is 11.1. The number of primary amides is 1. The van der Waals surface area contributed by atoms with Crippen LogP contribution in [-0.2, 0) is 14.3 Å². The highest BCUT2D eigenvalue weighted by Gasteiger charge is 2.17. The minimum absolute atomic E-state index is 0.180. The first-order valence-electron chi connectivity index (χ1n) is 8.19. The number of carbonyl (C=O) groups is 3. The lowest BCUT2D eigenvalue weighted by molar-refractivity contribution is -0.141. The number of thiophene rings is 2. The third kappa shape index (κ3) is 4.93. The fraction of sp³-hybridized carbons (Fsp3) is 0.0500. The molecule has 0 aliphatic heterocycles. The van der Waals surface area contributed by atoms with Gasteiger partial charge in [0.15, 0.2) is 6.61 Å². The standard InChI is InChI=1S/C20H16N2O4S2/c21-19(24)14-6-1-2-7-16(14)22-18(23)12-26-20(25)15(17-8-4-10-28-17)11-13-5-3-9-27-13/h1-11H,12H2,(H2,21,24)(H,22,23). The van der Waals surface area contributed by atoms with E-state index in [1.54, 1.807) is 24.3 Å². The van der Waals surface area contributed by atoms with Crippen molar-refractivity contribution in [2.45, 2.75) is 0 Å². The maximum atomic E-state index is 12.6. The second-order valence-corrected chi connectivity index (χ2v) is 7.51. The minimum Gasteiger partial charge on any atom is -0.452 e. The molecule has 0 fully saturated rings. The SMILES string of the molecule is NC(=O)c1ccccc1NC(=O)COC(=O)C(=Cc1cccs1)c1cccs1. The molecule has 0 radical (unpaired) electrons. The summed E-state index contributed by atoms with van der Waals surface area (Å²) in [6, 6.07) is 13.8. The Morgan fingerprint density at radius 1 is 1.00 bits per heavy atom. The average Bonchev–Trinajstić information content (AvgIpc) is 3.38. The molecule has 3 aromatic rings. The van der Waals surface area contributed by atoms with Gasteiger partial charge in [0.1, 0.15) is 0 Å². The number of hydrogen-bond acceptors (Lipinski definition) is 6. The Kier molecular flexibility index (Phi) is 6.36. The number of esters is 1. The number of para-hydroxylation sites is 1. The summed E-state index contributed by atoms with van der Waals surface area (Å²) in [5, 5.41) is 6.30. The molecule has 0 saturated heterocycles. The molecule has 0 bridgehead atoms. The zero-order valence-electron chi connectivity index (χ0n) is 14.6. The second-order valence-electron chi connectivity index (χ2n) is 5.58. The van der Waals surface area contributed by atoms with Crippen LogP contribution in [-0.4, -0.2) is 24.4 Å². The molecular formula is C20H16N2O4S2. The van der Waals surface area contributed by atoms with Gasteiger partial charge in [-0.25, -0.2) is 4.79 Å². The summed E-state index contributed by atoms with van der Waals surface area (Å²) in [6.07, 6.45) is 1.74. The van der Waals surface area contributed by atoms with Gasteiger partial charge in [-0.2, -0.15) is 0 Å². The Balaban J connectivity index is 1.68. The number of nitrogens with two attached hydrogens (primary N) is 1. The number of benzene rings is 1. The number of amides is 2. The second kappa shape index (κ2) is 9.12. The van der Waals surface area contributed by atoms with Crippen molar-refractivity contribution in [2.24, 2.45) is 5.73 Å². The van der Waals surface area contributed by atoms with Gasteiger partial charge in [-0.15, -0.1) is 22.7 Å². The first-order valence-corrected chi connectivity index (χ1v) is 9.95. The van der Waals surface area contributed by atoms with Gasteiger partial charge in [0.05, 0.1) is 16.8 Å². The molecule has 8 heteroatoms. The van der Waals surface area contributed by atoms with E-state index in [9.17, 15) is 14.4 Å². The number of carbonyl (C=O) groups excluding carboxylic acids is 3. The summed E-state index contributed by atoms with van der Waals surface area (Å²) in [5.41, 5.74) is 6.11. The molecule has 28 heavy (non-hydrogen) atoms. The fourth-order valence-electron chi connectivity index (χ4n) is 2.38. The van der Waals surface area contributed by atoms with E-state index in [4.69, 9.17) is 10.5 Å². The smallest absolute Gasteiger partial charge is 0.340 e. The van der Waals surface area contributed by atoms with Gasteiger partial charge in [-0.3, -0.25) is 9.59 Å². The van der Waals surface area contributed by atoms with Crippen LogP contribution in [0.3, 0.4) is 0 Å². The van der Waals surface area contributed by atoms with E-state index in [0.29, 0.717) is 5.57 Å². The molecule has 0 spiro atoms. The van der Waals surface area contributed by atoms with Crippen molar-refractivity contribution in [3.05, 3.63) is 74.6 Å². The number of nitrogens with one attached hydrogen (secondary N) is 1. The minimum atomic E-state index is -0.660. The Hall–Kier alpha value is -3.23. The summed E-state index contributed by atoms with van der Waals surface area (Å²) >= 11 is 2.90. The van der Waals surface area contributed by atoms with Crippen LogP contribution in [0, 0.1) is 0 Å². The lowest BCUT2D eigenvalue weighted by Crippen LogP contribution is -2.23. The van der Waals surface area contributed by atoms with Crippen molar-refractivity contribution in [1.82, 2.24) is 0 Å². The van der Waals surface area contributed by atoms with E-state index in [2.05, 4.69) is 5.32 Å². The van der Waals surface area contributed by atoms with Crippen LogP contribution in [0.2, 0.25) is 0 Å². The quantitative estimate of drug-likeness (QED) is 0.457. The molecule has 6 nitrogen and oxygen atoms in total. The van der Waals surface area contributed by atoms with Crippen LogP contribution in [0.1, 0.15) is 20.1 Å². The van der Waals surface area contributed by atoms with Crippen molar-refractivity contribution >= 4 is 57.8 Å². The molecule has 142 valence electrons. The number of rotatable bonds is 7. The van der Waals surface area contributed by atoms with Gasteiger partial charge < -0.3 is 15.8 Å². The maximum absolute atomic E-state index is 12.6. The van der Waals surface area contributed by atoms with Gasteiger partial charge in [0, 0.05) is 9.75 Å². The van der Waals surface area contributed by atoms with Crippen LogP contribution >= 0.6 is 22.7 Å². The summed E-state index contributed by atoms with van der Waals surface area (Å²) in [7, 11) is 0. The third-order valence-corrected chi connectivity index (χ3v) is 5.36. The van der Waals surface area contributed by atoms with Crippen LogP contribution in [0.15, 0.2) is 59.3 Å². The van der Waals surface area contributed by atoms with Gasteiger partial charge >= 0.3 is 5.97 Å². The van der Waals surface area contributed by atoms with Gasteiger partial charge in [0.25, 0.3) is 11.8 Å². The summed E-state index contributed by atoms with van der Waals surface area (Å²) in [4.78, 5) is 37.8. The largest absolute Gasteiger partial charge is 0.452 e. The highest BCUT2D eigenvalue weighted by Crippen LogP contribution is 2.26. The summed E-state index contributed by atoms with van der Waals surface area (Å²) < 4.78 is 5.19. The Labute approximate surface area is 169 Å². The molecule has 2 heterocycles. The first kappa shape index (κ1) is 19.5. The third-order valence-electron chi connectivity index (χ3n) is 3.64. The van der Waals surface area contributed by atoms with Crippen molar-refractivity contribution < 1.29 is 19.1 Å². The van der Waals surface area contributed by atoms with Crippen LogP contribution in [0.5, 0.6) is 0 Å². The van der Waals surface area contributed by atoms with Crippen LogP contribution in [0.25, 0.3) is 11.6 Å². The van der Waals surface area contributed by atoms with E-state index < -0.39 is 24.4 Å². The Bertz CT molecular complexity index is 1010. The molecule has 2 aromatic heterocycles. The molecule has 2 amide bonds. The average molecular weight is 412 g/mol. The van der Waals surface area contributed by atoms with Gasteiger partial charge in [-0.05, 0) is 41.1 Å². The highest BCUT2D eigenvalue weighted by atomic mass is 32.1. The molecule has 0 aliphatic carbocycles. The lowest BCUT2D eigenvalue weighted by Gasteiger charge is -2.10. The van der Waals surface area contributed by atoms with E-state index in [0.717, 1.165) is 9.75 Å². The predicted molar refractivity (Wildman–Crippen MR) is 111 cm³/mol. The molecule has 0 atom stereocenters. The first-order chi connectivity index (χ1) is 13.5. The zero-order chi connectivity index (χ0) is 19.9. The lowest BCUT2D eigenvalue weighted by atomic mass is 10.1. The Morgan fingerprint density at radius 2 is 1.75 bits per heavy atom. The van der Waals surface area contributed by atoms with Crippen molar-refractivity contribution in [2.75, 3.05) is 11.9 Å². The van der Waals surface area contributed by atoms with E-state index in [-0.39, 0.29) is 11.3 Å². The van der Waals surface area contributed by atoms with E-state index in [1.807, 2.05) is 35.0 Å². The van der Waals surface area contributed by atoms with Gasteiger partial charge in [-0.1, -0.05) is 24.3 Å². The van der Waals surface area contributed by atoms with Crippen LogP contribution < -0.4 is 11.1 Å². The monoisotopic (exact) mass is 412 g/mol. The van der Waals surface area contributed by atoms with Crippen molar-refractivity contribution in [1.29, 1.82) is 0 Å². The number of hydrogen-bond donors (Lipinski definition) is 2. The summed E-state index contributed by atoms with van der Waals surface area (Å²) in [5.74, 6) is -1.83. The van der Waals surface area contributed by atoms with E-state index in [1.165, 1.54) is 28.7 Å². The fourth-order valence-corrected chi connectivity index (χ4v) is 3.77. The predicted octanol–water partition coefficient (Wildman–Crippen LogP) is 3.63. The van der Waals surface area contributed by atoms with Gasteiger partial charge in [0.2, 0.25) is 0 Å². The number of ether oxygens (including phenoxy) is 1. The van der Waals surface area contributed by atoms with Crippen molar-refractivity contribution in [3.63, 3.8) is 0 Å². The highest BCUT2D eigenvalue weighted by molar-refractivity contribution is 7.12. The molecule has 3 rings (SSSR count). The molecule has 0 aliphatic rings. The molecule has 3 N–H and O–H groups in total. The topological polar surface area (TPSA) is 98.5 Å². The Morgan fingerprint density at radius 3 is 2.43 bits per heavy atom. The molecule has 0 unspecified atom stereocenters. The van der Waals surface area contributed by atoms with Crippen molar-refractivity contribution in [3.8, 4) is 0 Å². The molecule has 1 aromatic carbocycles. The zero-order valence-corrected chi connectivity index (χ0v) is 16.2. The summed E-state index contributed by atoms with van der Waals surface area (Å²) in [6.45, 7) is -0.487. The van der Waals surface area contributed by atoms with Crippen LogP contribution in [0.4, 0.5) is 5.69 Å². The number of anilines is 1. The molecule has 0 saturated carbocycles. The molecular weight excluding hydrogens is 396 g/mol. The van der Waals surface area contributed by atoms with E-state index >= 15 is 0 Å². The maximum Gasteiger partial charge on any atom is 0.340 e.